The van der Waals surface area contributed by atoms with Crippen LogP contribution in [0.5, 0.6) is 11.5 Å². The van der Waals surface area contributed by atoms with Gasteiger partial charge in [-0.3, -0.25) is 4.79 Å². The molecule has 1 unspecified atom stereocenters. The Labute approximate surface area is 101 Å². The van der Waals surface area contributed by atoms with Crippen LogP contribution in [-0.4, -0.2) is 39.9 Å². The number of methoxy groups -OCH3 is 2. The van der Waals surface area contributed by atoms with Gasteiger partial charge in [-0.15, -0.1) is 0 Å². The van der Waals surface area contributed by atoms with Crippen molar-refractivity contribution >= 4 is 5.97 Å². The highest BCUT2D eigenvalue weighted by atomic mass is 16.5. The lowest BCUT2D eigenvalue weighted by Crippen LogP contribution is -2.40. The predicted molar refractivity (Wildman–Crippen MR) is 63.4 cm³/mol. The van der Waals surface area contributed by atoms with Gasteiger partial charge in [0, 0.05) is 0 Å². The maximum absolute atomic E-state index is 11.3. The van der Waals surface area contributed by atoms with Crippen molar-refractivity contribution in [3.63, 3.8) is 0 Å². The predicted octanol–water partition coefficient (Wildman–Crippen LogP) is 0.835. The first-order valence-electron chi connectivity index (χ1n) is 5.23. The molecule has 5 heteroatoms. The van der Waals surface area contributed by atoms with Gasteiger partial charge in [0.2, 0.25) is 0 Å². The number of ether oxygens (including phenoxy) is 3. The highest BCUT2D eigenvalue weighted by molar-refractivity contribution is 5.75. The zero-order chi connectivity index (χ0) is 12.7. The number of carbonyl (C=O) groups is 1. The number of esters is 1. The average Bonchev–Trinajstić information content (AvgIpc) is 2.39. The standard InChI is InChI=1S/C12H17NO4/c1-13-9(12(14)16-3)8-17-11-7-5-4-6-10(11)15-2/h4-7,9,13H,8H2,1-3H3. The Balaban J connectivity index is 2.62. The van der Waals surface area contributed by atoms with Crippen LogP contribution in [0.1, 0.15) is 0 Å². The molecule has 1 aromatic rings. The summed E-state index contributed by atoms with van der Waals surface area (Å²) in [6.45, 7) is 0.184. The first-order valence-corrected chi connectivity index (χ1v) is 5.23. The lowest BCUT2D eigenvalue weighted by molar-refractivity contribution is -0.143. The molecule has 0 radical (unpaired) electrons. The molecule has 0 aliphatic heterocycles. The number of likely N-dealkylation sites (N-methyl/N-ethyl adjacent to an activating group) is 1. The zero-order valence-electron chi connectivity index (χ0n) is 10.2. The minimum Gasteiger partial charge on any atom is -0.493 e. The van der Waals surface area contributed by atoms with Crippen LogP contribution >= 0.6 is 0 Å². The fourth-order valence-electron chi connectivity index (χ4n) is 1.32. The second-order valence-corrected chi connectivity index (χ2v) is 3.33. The number of benzene rings is 1. The Morgan fingerprint density at radius 3 is 2.47 bits per heavy atom. The third kappa shape index (κ3) is 3.64. The Bertz CT molecular complexity index is 367. The van der Waals surface area contributed by atoms with E-state index in [0.717, 1.165) is 0 Å². The molecule has 17 heavy (non-hydrogen) atoms. The minimum absolute atomic E-state index is 0.184. The largest absolute Gasteiger partial charge is 0.493 e. The van der Waals surface area contributed by atoms with E-state index in [9.17, 15) is 4.79 Å². The lowest BCUT2D eigenvalue weighted by Gasteiger charge is -2.16. The summed E-state index contributed by atoms with van der Waals surface area (Å²) in [5.41, 5.74) is 0. The van der Waals surface area contributed by atoms with Gasteiger partial charge < -0.3 is 19.5 Å². The van der Waals surface area contributed by atoms with E-state index in [-0.39, 0.29) is 12.6 Å². The van der Waals surface area contributed by atoms with Gasteiger partial charge in [0.05, 0.1) is 14.2 Å². The molecular weight excluding hydrogens is 222 g/mol. The zero-order valence-corrected chi connectivity index (χ0v) is 10.2. The van der Waals surface area contributed by atoms with Crippen LogP contribution in [0, 0.1) is 0 Å². The van der Waals surface area contributed by atoms with Gasteiger partial charge in [0.25, 0.3) is 0 Å². The molecule has 5 nitrogen and oxygen atoms in total. The first kappa shape index (κ1) is 13.3. The van der Waals surface area contributed by atoms with Crippen LogP contribution in [0.15, 0.2) is 24.3 Å². The number of hydrogen-bond acceptors (Lipinski definition) is 5. The van der Waals surface area contributed by atoms with Gasteiger partial charge in [-0.05, 0) is 19.2 Å². The summed E-state index contributed by atoms with van der Waals surface area (Å²) in [6, 6.07) is 6.77. The van der Waals surface area contributed by atoms with Gasteiger partial charge in [-0.1, -0.05) is 12.1 Å². The molecule has 0 saturated carbocycles. The number of nitrogens with one attached hydrogen (secondary N) is 1. The molecule has 1 atom stereocenters. The Morgan fingerprint density at radius 1 is 1.29 bits per heavy atom. The van der Waals surface area contributed by atoms with Crippen molar-refractivity contribution < 1.29 is 19.0 Å². The number of carbonyl (C=O) groups excluding carboxylic acids is 1. The molecule has 0 saturated heterocycles. The normalized spacial score (nSPS) is 11.7. The van der Waals surface area contributed by atoms with Crippen molar-refractivity contribution in [2.75, 3.05) is 27.9 Å². The van der Waals surface area contributed by atoms with E-state index < -0.39 is 6.04 Å². The smallest absolute Gasteiger partial charge is 0.326 e. The Morgan fingerprint density at radius 2 is 1.94 bits per heavy atom. The molecule has 1 rings (SSSR count). The molecule has 0 bridgehead atoms. The lowest BCUT2D eigenvalue weighted by atomic mass is 10.3. The molecule has 0 aromatic heterocycles. The topological polar surface area (TPSA) is 56.8 Å². The van der Waals surface area contributed by atoms with Crippen LogP contribution in [0.3, 0.4) is 0 Å². The van der Waals surface area contributed by atoms with E-state index in [1.807, 2.05) is 12.1 Å². The van der Waals surface area contributed by atoms with Crippen molar-refractivity contribution in [1.82, 2.24) is 5.32 Å². The van der Waals surface area contributed by atoms with Gasteiger partial charge in [0.1, 0.15) is 12.6 Å². The molecule has 1 aromatic carbocycles. The maximum atomic E-state index is 11.3. The Kier molecular flexibility index (Phi) is 5.29. The first-order chi connectivity index (χ1) is 8.22. The van der Waals surface area contributed by atoms with Gasteiger partial charge in [0.15, 0.2) is 11.5 Å². The monoisotopic (exact) mass is 239 g/mol. The average molecular weight is 239 g/mol. The second-order valence-electron chi connectivity index (χ2n) is 3.33. The van der Waals surface area contributed by atoms with Crippen LogP contribution in [0.25, 0.3) is 0 Å². The fraction of sp³-hybridized carbons (Fsp3) is 0.417. The minimum atomic E-state index is -0.495. The summed E-state index contributed by atoms with van der Waals surface area (Å²) in [7, 11) is 4.58. The summed E-state index contributed by atoms with van der Waals surface area (Å²) >= 11 is 0. The van der Waals surface area contributed by atoms with Crippen LogP contribution in [0.2, 0.25) is 0 Å². The highest BCUT2D eigenvalue weighted by Gasteiger charge is 2.18. The van der Waals surface area contributed by atoms with Gasteiger partial charge >= 0.3 is 5.97 Å². The molecular formula is C12H17NO4. The second kappa shape index (κ2) is 6.75. The quantitative estimate of drug-likeness (QED) is 0.745. The third-order valence-corrected chi connectivity index (χ3v) is 2.31. The van der Waals surface area contributed by atoms with E-state index >= 15 is 0 Å². The maximum Gasteiger partial charge on any atom is 0.326 e. The van der Waals surface area contributed by atoms with E-state index in [4.69, 9.17) is 9.47 Å². The molecule has 0 aliphatic carbocycles. The summed E-state index contributed by atoms with van der Waals surface area (Å²) in [4.78, 5) is 11.3. The van der Waals surface area contributed by atoms with E-state index in [1.165, 1.54) is 7.11 Å². The van der Waals surface area contributed by atoms with Crippen LogP contribution in [0.4, 0.5) is 0 Å². The van der Waals surface area contributed by atoms with Crippen molar-refractivity contribution in [3.05, 3.63) is 24.3 Å². The van der Waals surface area contributed by atoms with E-state index in [2.05, 4.69) is 10.1 Å². The Hall–Kier alpha value is -1.75. The fourth-order valence-corrected chi connectivity index (χ4v) is 1.32. The van der Waals surface area contributed by atoms with Crippen molar-refractivity contribution in [2.24, 2.45) is 0 Å². The molecule has 0 amide bonds. The van der Waals surface area contributed by atoms with E-state index in [0.29, 0.717) is 11.5 Å². The highest BCUT2D eigenvalue weighted by Crippen LogP contribution is 2.25. The van der Waals surface area contributed by atoms with Gasteiger partial charge in [-0.25, -0.2) is 0 Å². The summed E-state index contributed by atoms with van der Waals surface area (Å²) in [5, 5.41) is 2.82. The molecule has 0 spiro atoms. The summed E-state index contributed by atoms with van der Waals surface area (Å²) in [6.07, 6.45) is 0. The number of hydrogen-bond donors (Lipinski definition) is 1. The van der Waals surface area contributed by atoms with Crippen molar-refractivity contribution in [2.45, 2.75) is 6.04 Å². The van der Waals surface area contributed by atoms with Crippen molar-refractivity contribution in [1.29, 1.82) is 0 Å². The van der Waals surface area contributed by atoms with Crippen LogP contribution in [-0.2, 0) is 9.53 Å². The molecule has 94 valence electrons. The SMILES string of the molecule is CNC(COc1ccccc1OC)C(=O)OC. The van der Waals surface area contributed by atoms with Crippen LogP contribution < -0.4 is 14.8 Å². The number of para-hydroxylation sites is 2. The number of rotatable bonds is 6. The molecule has 0 heterocycles. The van der Waals surface area contributed by atoms with Gasteiger partial charge in [-0.2, -0.15) is 0 Å². The molecule has 0 aliphatic rings. The van der Waals surface area contributed by atoms with E-state index in [1.54, 1.807) is 26.3 Å². The molecule has 0 fully saturated rings. The summed E-state index contributed by atoms with van der Waals surface area (Å²) in [5.74, 6) is 0.869. The third-order valence-electron chi connectivity index (χ3n) is 2.31. The molecule has 1 N–H and O–H groups in total. The summed E-state index contributed by atoms with van der Waals surface area (Å²) < 4.78 is 15.3. The van der Waals surface area contributed by atoms with Crippen molar-refractivity contribution in [3.8, 4) is 11.5 Å².